The number of hydrogen-bond donors (Lipinski definition) is 0. The SMILES string of the molecule is C=CC(=O)N1CCN(c2nc(OC[C@@H]3CCCN3C)nc3c2CCC2(C3)CN(C)Cc3ccccc32)C[C@@H]1CC#N. The van der Waals surface area contributed by atoms with Crippen molar-refractivity contribution in [2.75, 3.05) is 58.3 Å². The van der Waals surface area contributed by atoms with E-state index in [-0.39, 0.29) is 23.8 Å². The molecule has 2 saturated heterocycles. The molecule has 1 amide bonds. The summed E-state index contributed by atoms with van der Waals surface area (Å²) in [5, 5.41) is 9.54. The zero-order valence-electron chi connectivity index (χ0n) is 24.4. The Hall–Kier alpha value is -3.48. The number of rotatable bonds is 6. The molecule has 4 heterocycles. The highest BCUT2D eigenvalue weighted by Crippen LogP contribution is 2.45. The van der Waals surface area contributed by atoms with Gasteiger partial charge < -0.3 is 24.3 Å². The van der Waals surface area contributed by atoms with Crippen LogP contribution in [-0.4, -0.2) is 96.1 Å². The molecule has 9 heteroatoms. The molecule has 3 aliphatic heterocycles. The van der Waals surface area contributed by atoms with Gasteiger partial charge in [-0.3, -0.25) is 4.79 Å². The van der Waals surface area contributed by atoms with Gasteiger partial charge in [0.15, 0.2) is 0 Å². The fraction of sp³-hybridized carbons (Fsp3) is 0.562. The first-order valence-corrected chi connectivity index (χ1v) is 15.0. The second-order valence-electron chi connectivity index (χ2n) is 12.3. The van der Waals surface area contributed by atoms with Crippen molar-refractivity contribution >= 4 is 11.7 Å². The van der Waals surface area contributed by atoms with Crippen LogP contribution in [0, 0.1) is 11.3 Å². The van der Waals surface area contributed by atoms with Gasteiger partial charge in [-0.1, -0.05) is 30.8 Å². The molecular formula is C32H41N7O2. The maximum absolute atomic E-state index is 12.5. The van der Waals surface area contributed by atoms with Crippen LogP contribution in [0.4, 0.5) is 5.82 Å². The number of nitrogens with zero attached hydrogens (tertiary/aromatic N) is 7. The van der Waals surface area contributed by atoms with Crippen LogP contribution in [0.2, 0.25) is 0 Å². The molecule has 1 aromatic heterocycles. The van der Waals surface area contributed by atoms with E-state index in [1.165, 1.54) is 29.2 Å². The van der Waals surface area contributed by atoms with Gasteiger partial charge in [0.05, 0.1) is 24.2 Å². The fourth-order valence-electron chi connectivity index (χ4n) is 7.58. The predicted octanol–water partition coefficient (Wildman–Crippen LogP) is 2.94. The van der Waals surface area contributed by atoms with E-state index in [0.717, 1.165) is 56.8 Å². The number of anilines is 1. The van der Waals surface area contributed by atoms with Gasteiger partial charge >= 0.3 is 6.01 Å². The van der Waals surface area contributed by atoms with Gasteiger partial charge in [0.2, 0.25) is 5.91 Å². The number of likely N-dealkylation sites (tertiary alicyclic amines) is 1. The van der Waals surface area contributed by atoms with E-state index in [4.69, 9.17) is 14.7 Å². The lowest BCUT2D eigenvalue weighted by Gasteiger charge is -2.46. The number of aromatic nitrogens is 2. The van der Waals surface area contributed by atoms with Crippen LogP contribution in [0.5, 0.6) is 6.01 Å². The first-order chi connectivity index (χ1) is 19.9. The maximum Gasteiger partial charge on any atom is 0.318 e. The molecule has 0 N–H and O–H groups in total. The van der Waals surface area contributed by atoms with Gasteiger partial charge in [-0.25, -0.2) is 0 Å². The monoisotopic (exact) mass is 555 g/mol. The smallest absolute Gasteiger partial charge is 0.318 e. The first-order valence-electron chi connectivity index (χ1n) is 15.0. The number of hydrogen-bond acceptors (Lipinski definition) is 8. The Morgan fingerprint density at radius 2 is 2.07 bits per heavy atom. The highest BCUT2D eigenvalue weighted by atomic mass is 16.5. The Bertz CT molecular complexity index is 1360. The van der Waals surface area contributed by atoms with Gasteiger partial charge in [0.1, 0.15) is 12.4 Å². The van der Waals surface area contributed by atoms with Gasteiger partial charge in [0.25, 0.3) is 0 Å². The minimum atomic E-state index is -0.213. The minimum absolute atomic E-state index is 0.00355. The van der Waals surface area contributed by atoms with Crippen LogP contribution in [0.25, 0.3) is 0 Å². The second-order valence-corrected chi connectivity index (χ2v) is 12.3. The van der Waals surface area contributed by atoms with E-state index in [2.05, 4.69) is 65.7 Å². The van der Waals surface area contributed by atoms with Crippen molar-refractivity contribution in [2.45, 2.75) is 62.6 Å². The lowest BCUT2D eigenvalue weighted by molar-refractivity contribution is -0.128. The van der Waals surface area contributed by atoms with Gasteiger partial charge in [-0.05, 0) is 63.5 Å². The number of amides is 1. The molecule has 2 fully saturated rings. The minimum Gasteiger partial charge on any atom is -0.462 e. The van der Waals surface area contributed by atoms with Crippen LogP contribution in [0.1, 0.15) is 48.1 Å². The van der Waals surface area contributed by atoms with Crippen molar-refractivity contribution in [2.24, 2.45) is 0 Å². The van der Waals surface area contributed by atoms with Crippen LogP contribution in [-0.2, 0) is 29.6 Å². The summed E-state index contributed by atoms with van der Waals surface area (Å²) in [6, 6.07) is 11.8. The Kier molecular flexibility index (Phi) is 7.71. The van der Waals surface area contributed by atoms with Gasteiger partial charge in [-0.15, -0.1) is 0 Å². The summed E-state index contributed by atoms with van der Waals surface area (Å²) in [5.74, 6) is 0.784. The standard InChI is InChI=1S/C32H41N7O2/c1-4-29(40)39-17-16-38(20-24(39)12-14-33)30-26-11-13-32(22-36(2)19-23-8-5-6-10-27(23)32)18-28(26)34-31(35-30)41-21-25-9-7-15-37(25)3/h4-6,8,10,24-25H,1,7,9,11-13,15-22H2,2-3H3/t24-,25-,32?/m0/s1. The Morgan fingerprint density at radius 1 is 1.22 bits per heavy atom. The van der Waals surface area contributed by atoms with Gasteiger partial charge in [-0.2, -0.15) is 15.2 Å². The van der Waals surface area contributed by atoms with E-state index in [1.807, 2.05) is 0 Å². The van der Waals surface area contributed by atoms with Crippen molar-refractivity contribution < 1.29 is 9.53 Å². The van der Waals surface area contributed by atoms with Gasteiger partial charge in [0, 0.05) is 56.2 Å². The van der Waals surface area contributed by atoms with Crippen molar-refractivity contribution in [1.29, 1.82) is 5.26 Å². The normalized spacial score (nSPS) is 26.4. The Morgan fingerprint density at radius 3 is 2.85 bits per heavy atom. The summed E-state index contributed by atoms with van der Waals surface area (Å²) in [7, 11) is 4.37. The molecule has 1 spiro atoms. The zero-order chi connectivity index (χ0) is 28.6. The van der Waals surface area contributed by atoms with Crippen molar-refractivity contribution in [3.63, 3.8) is 0 Å². The van der Waals surface area contributed by atoms with Crippen LogP contribution in [0.15, 0.2) is 36.9 Å². The molecule has 0 radical (unpaired) electrons. The van der Waals surface area contributed by atoms with E-state index in [9.17, 15) is 10.1 Å². The Labute approximate surface area is 243 Å². The van der Waals surface area contributed by atoms with Crippen molar-refractivity contribution in [1.82, 2.24) is 24.7 Å². The average molecular weight is 556 g/mol. The van der Waals surface area contributed by atoms with Crippen LogP contribution < -0.4 is 9.64 Å². The molecule has 1 unspecified atom stereocenters. The third-order valence-electron chi connectivity index (χ3n) is 9.65. The molecule has 0 saturated carbocycles. The van der Waals surface area contributed by atoms with Crippen molar-refractivity contribution in [3.05, 3.63) is 59.3 Å². The zero-order valence-corrected chi connectivity index (χ0v) is 24.4. The molecule has 1 aromatic carbocycles. The van der Waals surface area contributed by atoms with E-state index in [0.29, 0.717) is 38.3 Å². The molecule has 1 aliphatic carbocycles. The third-order valence-corrected chi connectivity index (χ3v) is 9.65. The maximum atomic E-state index is 12.5. The molecule has 4 aliphatic rings. The van der Waals surface area contributed by atoms with E-state index >= 15 is 0 Å². The highest BCUT2D eigenvalue weighted by Gasteiger charge is 2.43. The lowest BCUT2D eigenvalue weighted by Crippen LogP contribution is -2.55. The summed E-state index contributed by atoms with van der Waals surface area (Å²) in [5.41, 5.74) is 5.11. The second kappa shape index (κ2) is 11.4. The Balaban J connectivity index is 1.35. The number of nitriles is 1. The predicted molar refractivity (Wildman–Crippen MR) is 158 cm³/mol. The number of carbonyl (C=O) groups is 1. The number of benzene rings is 1. The third kappa shape index (κ3) is 5.31. The van der Waals surface area contributed by atoms with Crippen LogP contribution in [0.3, 0.4) is 0 Å². The number of likely N-dealkylation sites (N-methyl/N-ethyl adjacent to an activating group) is 2. The molecule has 9 nitrogen and oxygen atoms in total. The summed E-state index contributed by atoms with van der Waals surface area (Å²) < 4.78 is 6.34. The van der Waals surface area contributed by atoms with Crippen molar-refractivity contribution in [3.8, 4) is 12.1 Å². The number of carbonyl (C=O) groups excluding carboxylic acids is 1. The number of ether oxygens (including phenoxy) is 1. The van der Waals surface area contributed by atoms with Crippen LogP contribution >= 0.6 is 0 Å². The molecule has 2 aromatic rings. The van der Waals surface area contributed by atoms with E-state index in [1.54, 1.807) is 4.90 Å². The number of piperazine rings is 1. The highest BCUT2D eigenvalue weighted by molar-refractivity contribution is 5.87. The fourth-order valence-corrected chi connectivity index (χ4v) is 7.58. The molecule has 41 heavy (non-hydrogen) atoms. The number of fused-ring (bicyclic) bond motifs is 3. The molecule has 3 atom stereocenters. The largest absolute Gasteiger partial charge is 0.462 e. The quantitative estimate of drug-likeness (QED) is 0.503. The molecule has 6 rings (SSSR count). The van der Waals surface area contributed by atoms with E-state index < -0.39 is 0 Å². The summed E-state index contributed by atoms with van der Waals surface area (Å²) in [4.78, 5) is 31.5. The molecule has 0 bridgehead atoms. The average Bonchev–Trinajstić information content (AvgIpc) is 3.39. The molecular weight excluding hydrogens is 514 g/mol. The lowest BCUT2D eigenvalue weighted by atomic mass is 9.65. The summed E-state index contributed by atoms with van der Waals surface area (Å²) in [6.07, 6.45) is 6.67. The first kappa shape index (κ1) is 27.7. The topological polar surface area (TPSA) is 88.8 Å². The molecule has 216 valence electrons. The summed E-state index contributed by atoms with van der Waals surface area (Å²) >= 11 is 0. The summed E-state index contributed by atoms with van der Waals surface area (Å²) in [6.45, 7) is 9.03.